The Labute approximate surface area is 119 Å². The first kappa shape index (κ1) is 18.9. The molecule has 0 radical (unpaired) electrons. The van der Waals surface area contributed by atoms with Crippen LogP contribution in [0.5, 0.6) is 0 Å². The highest BCUT2D eigenvalue weighted by molar-refractivity contribution is 5.84. The molecule has 0 heterocycles. The average Bonchev–Trinajstić information content (AvgIpc) is 2.38. The van der Waals surface area contributed by atoms with E-state index in [0.29, 0.717) is 0 Å². The van der Waals surface area contributed by atoms with Gasteiger partial charge in [0, 0.05) is 6.42 Å². The minimum Gasteiger partial charge on any atom is -0.290 e. The maximum absolute atomic E-state index is 11.9. The third-order valence-electron chi connectivity index (χ3n) is 2.90. The maximum atomic E-state index is 11.9. The lowest BCUT2D eigenvalue weighted by Gasteiger charge is -2.02. The quantitative estimate of drug-likeness (QED) is 0.349. The highest BCUT2D eigenvalue weighted by atomic mass is 19.4. The monoisotopic (exact) mass is 290 g/mol. The molecule has 0 aromatic carbocycles. The van der Waals surface area contributed by atoms with Crippen LogP contribution in [0.4, 0.5) is 13.2 Å². The molecule has 4 heteroatoms. The van der Waals surface area contributed by atoms with Crippen LogP contribution < -0.4 is 0 Å². The summed E-state index contributed by atoms with van der Waals surface area (Å²) in [6, 6.07) is 0. The molecule has 0 unspecified atom stereocenters. The van der Waals surface area contributed by atoms with Crippen molar-refractivity contribution in [3.63, 3.8) is 0 Å². The van der Waals surface area contributed by atoms with Crippen LogP contribution in [0.2, 0.25) is 0 Å². The van der Waals surface area contributed by atoms with Gasteiger partial charge in [-0.1, -0.05) is 44.1 Å². The van der Waals surface area contributed by atoms with Crippen LogP contribution >= 0.6 is 0 Å². The zero-order valence-corrected chi connectivity index (χ0v) is 12.2. The summed E-state index contributed by atoms with van der Waals surface area (Å²) in [4.78, 5) is 10.6. The number of carbonyl (C=O) groups is 1. The summed E-state index contributed by atoms with van der Waals surface area (Å²) in [5.74, 6) is -1.64. The first-order valence-corrected chi connectivity index (χ1v) is 7.38. The molecular formula is C16H25F3O. The Kier molecular flexibility index (Phi) is 11.1. The van der Waals surface area contributed by atoms with E-state index in [1.54, 1.807) is 6.08 Å². The highest BCUT2D eigenvalue weighted by Gasteiger charge is 2.36. The standard InChI is InChI=1S/C16H25F3O/c1-2-3-4-5-6-7-8-9-10-11-12-13-14-15(20)16(17,18)19/h6-7,11-12H,2-5,8-10,13-14H2,1H3/b7-6-,12-11+. The van der Waals surface area contributed by atoms with Crippen molar-refractivity contribution in [3.8, 4) is 0 Å². The van der Waals surface area contributed by atoms with Gasteiger partial charge >= 0.3 is 6.18 Å². The third-order valence-corrected chi connectivity index (χ3v) is 2.90. The highest BCUT2D eigenvalue weighted by Crippen LogP contribution is 2.18. The molecule has 0 aromatic rings. The van der Waals surface area contributed by atoms with Crippen molar-refractivity contribution in [2.75, 3.05) is 0 Å². The van der Waals surface area contributed by atoms with Crippen LogP contribution in [0.15, 0.2) is 24.3 Å². The maximum Gasteiger partial charge on any atom is 0.449 e. The molecule has 0 saturated carbocycles. The van der Waals surface area contributed by atoms with E-state index in [4.69, 9.17) is 0 Å². The van der Waals surface area contributed by atoms with Gasteiger partial charge in [-0.25, -0.2) is 0 Å². The van der Waals surface area contributed by atoms with Gasteiger partial charge in [0.2, 0.25) is 5.78 Å². The molecule has 0 rings (SSSR count). The first-order chi connectivity index (χ1) is 9.48. The Morgan fingerprint density at radius 3 is 1.85 bits per heavy atom. The van der Waals surface area contributed by atoms with Crippen molar-refractivity contribution >= 4 is 5.78 Å². The molecule has 0 bridgehead atoms. The van der Waals surface area contributed by atoms with Gasteiger partial charge in [0.1, 0.15) is 0 Å². The summed E-state index contributed by atoms with van der Waals surface area (Å²) in [6.07, 6.45) is 10.6. The second-order valence-electron chi connectivity index (χ2n) is 4.83. The molecule has 116 valence electrons. The summed E-state index contributed by atoms with van der Waals surface area (Å²) in [5.41, 5.74) is 0. The molecule has 0 spiro atoms. The van der Waals surface area contributed by atoms with Crippen molar-refractivity contribution in [3.05, 3.63) is 24.3 Å². The number of rotatable bonds is 11. The van der Waals surface area contributed by atoms with Crippen molar-refractivity contribution in [2.24, 2.45) is 0 Å². The van der Waals surface area contributed by atoms with Crippen LogP contribution in [-0.4, -0.2) is 12.0 Å². The zero-order chi connectivity index (χ0) is 15.3. The smallest absolute Gasteiger partial charge is 0.290 e. The molecule has 0 atom stereocenters. The Morgan fingerprint density at radius 1 is 0.850 bits per heavy atom. The SMILES string of the molecule is CCCCC/C=C\CCC/C=C/CCC(=O)C(F)(F)F. The molecule has 0 amide bonds. The Bertz CT molecular complexity index is 303. The van der Waals surface area contributed by atoms with Gasteiger partial charge in [-0.05, 0) is 38.5 Å². The fourth-order valence-electron chi connectivity index (χ4n) is 1.69. The fourth-order valence-corrected chi connectivity index (χ4v) is 1.69. The van der Waals surface area contributed by atoms with E-state index >= 15 is 0 Å². The van der Waals surface area contributed by atoms with Gasteiger partial charge in [-0.15, -0.1) is 0 Å². The van der Waals surface area contributed by atoms with Crippen LogP contribution in [0, 0.1) is 0 Å². The molecule has 1 nitrogen and oxygen atoms in total. The molecule has 0 fully saturated rings. The lowest BCUT2D eigenvalue weighted by molar-refractivity contribution is -0.170. The molecular weight excluding hydrogens is 265 g/mol. The minimum absolute atomic E-state index is 0.172. The number of Topliss-reactive ketones (excluding diaryl/α,β-unsaturated/α-hetero) is 1. The van der Waals surface area contributed by atoms with Crippen LogP contribution in [0.25, 0.3) is 0 Å². The van der Waals surface area contributed by atoms with Gasteiger partial charge < -0.3 is 0 Å². The van der Waals surface area contributed by atoms with Crippen molar-refractivity contribution in [1.29, 1.82) is 0 Å². The zero-order valence-electron chi connectivity index (χ0n) is 12.2. The predicted octanol–water partition coefficient (Wildman–Crippen LogP) is 5.76. The van der Waals surface area contributed by atoms with Crippen molar-refractivity contribution < 1.29 is 18.0 Å². The van der Waals surface area contributed by atoms with Crippen LogP contribution in [0.1, 0.15) is 64.7 Å². The molecule has 0 N–H and O–H groups in total. The number of hydrogen-bond acceptors (Lipinski definition) is 1. The van der Waals surface area contributed by atoms with Gasteiger partial charge in [0.05, 0.1) is 0 Å². The van der Waals surface area contributed by atoms with Crippen LogP contribution in [-0.2, 0) is 4.79 Å². The van der Waals surface area contributed by atoms with E-state index in [9.17, 15) is 18.0 Å². The number of unbranched alkanes of at least 4 members (excludes halogenated alkanes) is 5. The average molecular weight is 290 g/mol. The normalized spacial score (nSPS) is 12.6. The lowest BCUT2D eigenvalue weighted by atomic mass is 10.1. The second-order valence-corrected chi connectivity index (χ2v) is 4.83. The Hall–Kier alpha value is -1.06. The lowest BCUT2D eigenvalue weighted by Crippen LogP contribution is -2.21. The third kappa shape index (κ3) is 12.0. The summed E-state index contributed by atoms with van der Waals surface area (Å²) >= 11 is 0. The molecule has 0 aromatic heterocycles. The van der Waals surface area contributed by atoms with E-state index in [0.717, 1.165) is 25.7 Å². The Balaban J connectivity index is 3.43. The first-order valence-electron chi connectivity index (χ1n) is 7.38. The molecule has 0 aliphatic carbocycles. The molecule has 0 aliphatic heterocycles. The number of hydrogen-bond donors (Lipinski definition) is 0. The van der Waals surface area contributed by atoms with E-state index in [2.05, 4.69) is 19.1 Å². The summed E-state index contributed by atoms with van der Waals surface area (Å²) in [6.45, 7) is 2.18. The van der Waals surface area contributed by atoms with Gasteiger partial charge in [0.25, 0.3) is 0 Å². The second kappa shape index (κ2) is 11.7. The van der Waals surface area contributed by atoms with Crippen molar-refractivity contribution in [2.45, 2.75) is 70.9 Å². The van der Waals surface area contributed by atoms with Crippen LogP contribution in [0.3, 0.4) is 0 Å². The topological polar surface area (TPSA) is 17.1 Å². The van der Waals surface area contributed by atoms with E-state index in [-0.39, 0.29) is 6.42 Å². The predicted molar refractivity (Wildman–Crippen MR) is 76.6 cm³/mol. The van der Waals surface area contributed by atoms with E-state index in [1.165, 1.54) is 19.3 Å². The largest absolute Gasteiger partial charge is 0.449 e. The number of carbonyl (C=O) groups excluding carboxylic acids is 1. The molecule has 20 heavy (non-hydrogen) atoms. The molecule has 0 saturated heterocycles. The Morgan fingerprint density at radius 2 is 1.35 bits per heavy atom. The van der Waals surface area contributed by atoms with E-state index < -0.39 is 18.4 Å². The van der Waals surface area contributed by atoms with Gasteiger partial charge in [0.15, 0.2) is 0 Å². The summed E-state index contributed by atoms with van der Waals surface area (Å²) in [5, 5.41) is 0. The fraction of sp³-hybridized carbons (Fsp3) is 0.688. The number of ketones is 1. The number of alkyl halides is 3. The minimum atomic E-state index is -4.68. The molecule has 0 aliphatic rings. The number of halogens is 3. The van der Waals surface area contributed by atoms with Gasteiger partial charge in [-0.2, -0.15) is 13.2 Å². The number of allylic oxidation sites excluding steroid dienone is 4. The van der Waals surface area contributed by atoms with Crippen molar-refractivity contribution in [1.82, 2.24) is 0 Å². The summed E-state index contributed by atoms with van der Waals surface area (Å²) < 4.78 is 35.7. The van der Waals surface area contributed by atoms with E-state index in [1.807, 2.05) is 6.08 Å². The summed E-state index contributed by atoms with van der Waals surface area (Å²) in [7, 11) is 0. The van der Waals surface area contributed by atoms with Gasteiger partial charge in [-0.3, -0.25) is 4.79 Å².